The fourth-order valence-electron chi connectivity index (χ4n) is 2.71. The van der Waals surface area contributed by atoms with Crippen molar-refractivity contribution in [1.29, 1.82) is 0 Å². The molecule has 1 rings (SSSR count). The Bertz CT molecular complexity index is 392. The first-order valence-electron chi connectivity index (χ1n) is 8.30. The summed E-state index contributed by atoms with van der Waals surface area (Å²) in [5.41, 5.74) is 0. The van der Waals surface area contributed by atoms with E-state index in [-0.39, 0.29) is 24.2 Å². The Morgan fingerprint density at radius 2 is 1.95 bits per heavy atom. The molecule has 0 radical (unpaired) electrons. The van der Waals surface area contributed by atoms with E-state index in [1.807, 2.05) is 0 Å². The van der Waals surface area contributed by atoms with Crippen molar-refractivity contribution in [3.8, 4) is 0 Å². The predicted molar refractivity (Wildman–Crippen MR) is 95.2 cm³/mol. The average molecular weight is 422 g/mol. The van der Waals surface area contributed by atoms with Crippen LogP contribution in [0.4, 0.5) is 0 Å². The fraction of sp³-hybridized carbons (Fsp3) is 0.765. The zero-order valence-corrected chi connectivity index (χ0v) is 15.5. The van der Waals surface area contributed by atoms with Gasteiger partial charge in [0.05, 0.1) is 12.0 Å². The minimum absolute atomic E-state index is 0.0113. The molecule has 0 spiro atoms. The molecule has 5 heteroatoms. The topological polar surface area (TPSA) is 63.6 Å². The van der Waals surface area contributed by atoms with Crippen molar-refractivity contribution in [3.63, 3.8) is 0 Å². The number of halogens is 1. The Hall–Kier alpha value is -0.430. The summed E-state index contributed by atoms with van der Waals surface area (Å²) in [7, 11) is 0. The standard InChI is InChI=1S/C17H27IO4/c1-2-3-4-6-9-13-15(19)12-14(18)17(13)22-11-8-5-7-10-16(20)21/h12-13,17H,2-11H2,1H3,(H,20,21)/t13-,17+/m0/s1. The quantitative estimate of drug-likeness (QED) is 0.372. The molecule has 126 valence electrons. The second-order valence-corrected chi connectivity index (χ2v) is 7.13. The van der Waals surface area contributed by atoms with Crippen molar-refractivity contribution in [1.82, 2.24) is 0 Å². The molecule has 0 aromatic carbocycles. The van der Waals surface area contributed by atoms with Crippen LogP contribution in [0.2, 0.25) is 0 Å². The van der Waals surface area contributed by atoms with Crippen molar-refractivity contribution in [2.24, 2.45) is 5.92 Å². The number of rotatable bonds is 12. The Kier molecular flexibility index (Phi) is 9.95. The van der Waals surface area contributed by atoms with E-state index in [1.54, 1.807) is 6.08 Å². The minimum atomic E-state index is -0.744. The lowest BCUT2D eigenvalue weighted by atomic mass is 9.96. The molecule has 4 nitrogen and oxygen atoms in total. The largest absolute Gasteiger partial charge is 0.481 e. The van der Waals surface area contributed by atoms with Gasteiger partial charge in [0, 0.05) is 16.6 Å². The Morgan fingerprint density at radius 3 is 2.64 bits per heavy atom. The molecule has 0 aromatic heterocycles. The summed E-state index contributed by atoms with van der Waals surface area (Å²) in [6.07, 6.45) is 9.86. The molecule has 2 atom stereocenters. The number of allylic oxidation sites excluding steroid dienone is 1. The lowest BCUT2D eigenvalue weighted by Crippen LogP contribution is -2.25. The monoisotopic (exact) mass is 422 g/mol. The molecule has 0 amide bonds. The molecule has 0 saturated heterocycles. The van der Waals surface area contributed by atoms with Gasteiger partial charge in [0.2, 0.25) is 0 Å². The third-order valence-corrected chi connectivity index (χ3v) is 4.91. The zero-order valence-electron chi connectivity index (χ0n) is 13.4. The molecule has 0 aliphatic heterocycles. The molecule has 0 unspecified atom stereocenters. The van der Waals surface area contributed by atoms with Crippen molar-refractivity contribution in [2.45, 2.75) is 70.8 Å². The number of carbonyl (C=O) groups is 2. The van der Waals surface area contributed by atoms with Gasteiger partial charge in [0.15, 0.2) is 5.78 Å². The highest BCUT2D eigenvalue weighted by atomic mass is 127. The number of unbranched alkanes of at least 4 members (excludes halogenated alkanes) is 5. The molecular formula is C17H27IO4. The van der Waals surface area contributed by atoms with E-state index in [0.29, 0.717) is 13.0 Å². The molecule has 0 heterocycles. The summed E-state index contributed by atoms with van der Waals surface area (Å²) >= 11 is 2.21. The average Bonchev–Trinajstić information content (AvgIpc) is 2.73. The highest BCUT2D eigenvalue weighted by molar-refractivity contribution is 14.1. The number of hydrogen-bond acceptors (Lipinski definition) is 3. The summed E-state index contributed by atoms with van der Waals surface area (Å²) in [5.74, 6) is -0.550. The van der Waals surface area contributed by atoms with Crippen molar-refractivity contribution >= 4 is 34.3 Å². The number of ketones is 1. The van der Waals surface area contributed by atoms with Crippen LogP contribution in [0.1, 0.15) is 64.7 Å². The van der Waals surface area contributed by atoms with Crippen LogP contribution in [-0.2, 0) is 14.3 Å². The normalized spacial score (nSPS) is 21.2. The Morgan fingerprint density at radius 1 is 1.23 bits per heavy atom. The fourth-order valence-corrected chi connectivity index (χ4v) is 3.63. The summed E-state index contributed by atoms with van der Waals surface area (Å²) in [5, 5.41) is 8.58. The third kappa shape index (κ3) is 7.22. The summed E-state index contributed by atoms with van der Waals surface area (Å²) < 4.78 is 6.93. The summed E-state index contributed by atoms with van der Waals surface area (Å²) in [6, 6.07) is 0. The van der Waals surface area contributed by atoms with Crippen LogP contribution < -0.4 is 0 Å². The maximum atomic E-state index is 12.0. The second-order valence-electron chi connectivity index (χ2n) is 5.88. The van der Waals surface area contributed by atoms with E-state index < -0.39 is 5.97 Å². The van der Waals surface area contributed by atoms with Gasteiger partial charge in [-0.05, 0) is 47.9 Å². The van der Waals surface area contributed by atoms with Gasteiger partial charge in [-0.15, -0.1) is 0 Å². The maximum absolute atomic E-state index is 12.0. The number of carbonyl (C=O) groups excluding carboxylic acids is 1. The van der Waals surface area contributed by atoms with E-state index >= 15 is 0 Å². The number of ether oxygens (including phenoxy) is 1. The van der Waals surface area contributed by atoms with Gasteiger partial charge in [-0.1, -0.05) is 39.0 Å². The molecular weight excluding hydrogens is 395 g/mol. The van der Waals surface area contributed by atoms with Gasteiger partial charge in [0.25, 0.3) is 0 Å². The van der Waals surface area contributed by atoms with Crippen LogP contribution in [0.25, 0.3) is 0 Å². The van der Waals surface area contributed by atoms with Crippen LogP contribution in [0.15, 0.2) is 9.66 Å². The lowest BCUT2D eigenvalue weighted by Gasteiger charge is -2.20. The van der Waals surface area contributed by atoms with E-state index in [4.69, 9.17) is 9.84 Å². The highest BCUT2D eigenvalue weighted by Crippen LogP contribution is 2.33. The molecule has 1 N–H and O–H groups in total. The predicted octanol–water partition coefficient (Wildman–Crippen LogP) is 4.50. The summed E-state index contributed by atoms with van der Waals surface area (Å²) in [4.78, 5) is 22.5. The second kappa shape index (κ2) is 11.2. The molecule has 22 heavy (non-hydrogen) atoms. The van der Waals surface area contributed by atoms with Gasteiger partial charge in [0.1, 0.15) is 0 Å². The first-order chi connectivity index (χ1) is 10.6. The first kappa shape index (κ1) is 19.6. The van der Waals surface area contributed by atoms with Gasteiger partial charge >= 0.3 is 5.97 Å². The van der Waals surface area contributed by atoms with Gasteiger partial charge in [-0.2, -0.15) is 0 Å². The van der Waals surface area contributed by atoms with Crippen molar-refractivity contribution in [3.05, 3.63) is 9.66 Å². The lowest BCUT2D eigenvalue weighted by molar-refractivity contribution is -0.137. The SMILES string of the molecule is CCCCCC[C@H]1C(=O)C=C(I)[C@@H]1OCCCCCC(=O)O. The highest BCUT2D eigenvalue weighted by Gasteiger charge is 2.35. The maximum Gasteiger partial charge on any atom is 0.303 e. The van der Waals surface area contributed by atoms with Crippen molar-refractivity contribution < 1.29 is 19.4 Å². The van der Waals surface area contributed by atoms with Gasteiger partial charge in [-0.3, -0.25) is 9.59 Å². The molecule has 0 saturated carbocycles. The molecule has 0 fully saturated rings. The van der Waals surface area contributed by atoms with E-state index in [0.717, 1.165) is 29.3 Å². The number of carboxylic acids is 1. The summed E-state index contributed by atoms with van der Waals surface area (Å²) in [6.45, 7) is 2.78. The van der Waals surface area contributed by atoms with Crippen molar-refractivity contribution in [2.75, 3.05) is 6.61 Å². The Balaban J connectivity index is 2.27. The number of aliphatic carboxylic acids is 1. The molecule has 1 aliphatic carbocycles. The van der Waals surface area contributed by atoms with E-state index in [9.17, 15) is 9.59 Å². The van der Waals surface area contributed by atoms with Crippen LogP contribution in [0.5, 0.6) is 0 Å². The van der Waals surface area contributed by atoms with Gasteiger partial charge < -0.3 is 9.84 Å². The third-order valence-electron chi connectivity index (χ3n) is 3.98. The first-order valence-corrected chi connectivity index (χ1v) is 9.38. The van der Waals surface area contributed by atoms with Crippen LogP contribution >= 0.6 is 22.6 Å². The van der Waals surface area contributed by atoms with Crippen LogP contribution in [-0.4, -0.2) is 29.6 Å². The molecule has 1 aliphatic rings. The molecule has 0 bridgehead atoms. The van der Waals surface area contributed by atoms with E-state index in [2.05, 4.69) is 29.5 Å². The smallest absolute Gasteiger partial charge is 0.303 e. The number of carboxylic acid groups (broad SMARTS) is 1. The molecule has 0 aromatic rings. The number of hydrogen-bond donors (Lipinski definition) is 1. The van der Waals surface area contributed by atoms with Crippen LogP contribution in [0.3, 0.4) is 0 Å². The van der Waals surface area contributed by atoms with Crippen LogP contribution in [0, 0.1) is 5.92 Å². The Labute approximate surface area is 146 Å². The van der Waals surface area contributed by atoms with Gasteiger partial charge in [-0.25, -0.2) is 0 Å². The minimum Gasteiger partial charge on any atom is -0.481 e. The van der Waals surface area contributed by atoms with E-state index in [1.165, 1.54) is 19.3 Å². The zero-order chi connectivity index (χ0) is 16.4.